The fourth-order valence-corrected chi connectivity index (χ4v) is 2.77. The Morgan fingerprint density at radius 3 is 2.47 bits per heavy atom. The molecule has 1 amide bonds. The minimum Gasteiger partial charge on any atom is -0.353 e. The molecule has 0 saturated heterocycles. The predicted octanol–water partition coefficient (Wildman–Crippen LogP) is 2.30. The van der Waals surface area contributed by atoms with Crippen LogP contribution in [0.5, 0.6) is 0 Å². The molecule has 0 aliphatic heterocycles. The van der Waals surface area contributed by atoms with Crippen LogP contribution in [-0.2, 0) is 4.79 Å². The lowest BCUT2D eigenvalue weighted by atomic mass is 9.69. The van der Waals surface area contributed by atoms with Crippen molar-refractivity contribution >= 4 is 5.91 Å². The first-order chi connectivity index (χ1) is 7.86. The van der Waals surface area contributed by atoms with Crippen LogP contribution >= 0.6 is 0 Å². The van der Waals surface area contributed by atoms with Gasteiger partial charge in [-0.15, -0.1) is 0 Å². The van der Waals surface area contributed by atoms with E-state index in [1.165, 1.54) is 19.3 Å². The molecular weight excluding hydrogens is 212 g/mol. The monoisotopic (exact) mass is 240 g/mol. The minimum absolute atomic E-state index is 0.0717. The molecule has 3 nitrogen and oxygen atoms in total. The second-order valence-electron chi connectivity index (χ2n) is 6.51. The third-order valence-corrected chi connectivity index (χ3v) is 4.01. The first-order valence-electron chi connectivity index (χ1n) is 6.86. The third kappa shape index (κ3) is 3.98. The molecule has 0 bridgehead atoms. The highest BCUT2D eigenvalue weighted by molar-refractivity contribution is 5.78. The van der Waals surface area contributed by atoms with Crippen LogP contribution in [0.4, 0.5) is 0 Å². The van der Waals surface area contributed by atoms with E-state index in [0.29, 0.717) is 18.5 Å². The molecule has 3 atom stereocenters. The number of amides is 1. The van der Waals surface area contributed by atoms with Gasteiger partial charge in [-0.25, -0.2) is 0 Å². The van der Waals surface area contributed by atoms with E-state index in [1.54, 1.807) is 0 Å². The standard InChI is InChI=1S/C14H28N2O/c1-10(9-15)13(17)16-12-8-6-5-7-11(12)14(2,3)4/h10-12H,5-9,15H2,1-4H3,(H,16,17). The molecular formula is C14H28N2O. The van der Waals surface area contributed by atoms with Gasteiger partial charge in [0.25, 0.3) is 0 Å². The van der Waals surface area contributed by atoms with Crippen molar-refractivity contribution in [3.8, 4) is 0 Å². The molecule has 0 aromatic heterocycles. The second-order valence-corrected chi connectivity index (χ2v) is 6.51. The summed E-state index contributed by atoms with van der Waals surface area (Å²) in [6.45, 7) is 9.14. The first kappa shape index (κ1) is 14.5. The van der Waals surface area contributed by atoms with Crippen LogP contribution in [-0.4, -0.2) is 18.5 Å². The molecule has 3 heteroatoms. The number of hydrogen-bond acceptors (Lipinski definition) is 2. The summed E-state index contributed by atoms with van der Waals surface area (Å²) >= 11 is 0. The van der Waals surface area contributed by atoms with E-state index in [-0.39, 0.29) is 17.2 Å². The fraction of sp³-hybridized carbons (Fsp3) is 0.929. The Labute approximate surface area is 106 Å². The Morgan fingerprint density at radius 2 is 1.94 bits per heavy atom. The van der Waals surface area contributed by atoms with E-state index in [1.807, 2.05) is 6.92 Å². The molecule has 0 radical (unpaired) electrons. The molecule has 1 rings (SSSR count). The van der Waals surface area contributed by atoms with Gasteiger partial charge in [0.05, 0.1) is 0 Å². The fourth-order valence-electron chi connectivity index (χ4n) is 2.77. The Morgan fingerprint density at radius 1 is 1.35 bits per heavy atom. The van der Waals surface area contributed by atoms with E-state index in [0.717, 1.165) is 6.42 Å². The Hall–Kier alpha value is -0.570. The highest BCUT2D eigenvalue weighted by Crippen LogP contribution is 2.38. The summed E-state index contributed by atoms with van der Waals surface area (Å²) in [5, 5.41) is 3.21. The zero-order chi connectivity index (χ0) is 13.1. The van der Waals surface area contributed by atoms with Crippen LogP contribution < -0.4 is 11.1 Å². The molecule has 0 aromatic rings. The van der Waals surface area contributed by atoms with Crippen molar-refractivity contribution in [1.82, 2.24) is 5.32 Å². The minimum atomic E-state index is -0.0717. The van der Waals surface area contributed by atoms with Crippen LogP contribution in [0.25, 0.3) is 0 Å². The SMILES string of the molecule is CC(CN)C(=O)NC1CCCCC1C(C)(C)C. The average Bonchev–Trinajstić information content (AvgIpc) is 2.27. The number of nitrogens with two attached hydrogens (primary N) is 1. The quantitative estimate of drug-likeness (QED) is 0.795. The van der Waals surface area contributed by atoms with E-state index in [9.17, 15) is 4.79 Å². The number of hydrogen-bond donors (Lipinski definition) is 2. The lowest BCUT2D eigenvalue weighted by Crippen LogP contribution is -2.48. The van der Waals surface area contributed by atoms with Gasteiger partial charge < -0.3 is 11.1 Å². The van der Waals surface area contributed by atoms with Crippen LogP contribution in [0.3, 0.4) is 0 Å². The largest absolute Gasteiger partial charge is 0.353 e. The second kappa shape index (κ2) is 5.85. The molecule has 1 aliphatic rings. The molecule has 3 unspecified atom stereocenters. The summed E-state index contributed by atoms with van der Waals surface area (Å²) < 4.78 is 0. The lowest BCUT2D eigenvalue weighted by molar-refractivity contribution is -0.125. The van der Waals surface area contributed by atoms with E-state index < -0.39 is 0 Å². The van der Waals surface area contributed by atoms with E-state index in [4.69, 9.17) is 5.73 Å². The maximum Gasteiger partial charge on any atom is 0.224 e. The van der Waals surface area contributed by atoms with Crippen LogP contribution in [0.15, 0.2) is 0 Å². The van der Waals surface area contributed by atoms with Gasteiger partial charge in [-0.3, -0.25) is 4.79 Å². The number of carbonyl (C=O) groups is 1. The van der Waals surface area contributed by atoms with Crippen molar-refractivity contribution < 1.29 is 4.79 Å². The van der Waals surface area contributed by atoms with Crippen LogP contribution in [0.2, 0.25) is 0 Å². The molecule has 0 aromatic carbocycles. The van der Waals surface area contributed by atoms with E-state index in [2.05, 4.69) is 26.1 Å². The topological polar surface area (TPSA) is 55.1 Å². The van der Waals surface area contributed by atoms with Gasteiger partial charge in [0.1, 0.15) is 0 Å². The van der Waals surface area contributed by atoms with Crippen molar-refractivity contribution in [2.45, 2.75) is 59.4 Å². The zero-order valence-corrected chi connectivity index (χ0v) is 11.8. The van der Waals surface area contributed by atoms with Gasteiger partial charge in [0, 0.05) is 18.5 Å². The number of nitrogens with one attached hydrogen (secondary N) is 1. The van der Waals surface area contributed by atoms with Gasteiger partial charge in [-0.05, 0) is 24.2 Å². The average molecular weight is 240 g/mol. The van der Waals surface area contributed by atoms with Gasteiger partial charge in [0.2, 0.25) is 5.91 Å². The molecule has 17 heavy (non-hydrogen) atoms. The normalized spacial score (nSPS) is 27.6. The summed E-state index contributed by atoms with van der Waals surface area (Å²) in [4.78, 5) is 11.9. The van der Waals surface area contributed by atoms with Crippen molar-refractivity contribution in [2.24, 2.45) is 23.0 Å². The highest BCUT2D eigenvalue weighted by Gasteiger charge is 2.35. The summed E-state index contributed by atoms with van der Waals surface area (Å²) in [6, 6.07) is 0.338. The summed E-state index contributed by atoms with van der Waals surface area (Å²) in [6.07, 6.45) is 4.87. The highest BCUT2D eigenvalue weighted by atomic mass is 16.1. The number of carbonyl (C=O) groups excluding carboxylic acids is 1. The smallest absolute Gasteiger partial charge is 0.224 e. The lowest BCUT2D eigenvalue weighted by Gasteiger charge is -2.41. The first-order valence-corrected chi connectivity index (χ1v) is 6.86. The zero-order valence-electron chi connectivity index (χ0n) is 11.8. The number of rotatable bonds is 3. The van der Waals surface area contributed by atoms with Gasteiger partial charge in [-0.1, -0.05) is 40.5 Å². The molecule has 3 N–H and O–H groups in total. The molecule has 1 saturated carbocycles. The van der Waals surface area contributed by atoms with Crippen molar-refractivity contribution in [3.63, 3.8) is 0 Å². The maximum absolute atomic E-state index is 11.9. The Bertz CT molecular complexity index is 257. The van der Waals surface area contributed by atoms with Gasteiger partial charge >= 0.3 is 0 Å². The van der Waals surface area contributed by atoms with Crippen molar-refractivity contribution in [2.75, 3.05) is 6.54 Å². The van der Waals surface area contributed by atoms with E-state index >= 15 is 0 Å². The molecule has 0 heterocycles. The Kier molecular flexibility index (Phi) is 4.99. The van der Waals surface area contributed by atoms with Gasteiger partial charge in [-0.2, -0.15) is 0 Å². The molecule has 0 spiro atoms. The summed E-state index contributed by atoms with van der Waals surface area (Å²) in [5.74, 6) is 0.636. The van der Waals surface area contributed by atoms with Crippen molar-refractivity contribution in [1.29, 1.82) is 0 Å². The molecule has 1 fully saturated rings. The third-order valence-electron chi connectivity index (χ3n) is 4.01. The molecule has 100 valence electrons. The molecule has 1 aliphatic carbocycles. The summed E-state index contributed by atoms with van der Waals surface area (Å²) in [5.41, 5.74) is 5.81. The van der Waals surface area contributed by atoms with Crippen LogP contribution in [0, 0.1) is 17.3 Å². The summed E-state index contributed by atoms with van der Waals surface area (Å²) in [7, 11) is 0. The predicted molar refractivity (Wildman–Crippen MR) is 71.6 cm³/mol. The Balaban J connectivity index is 2.63. The van der Waals surface area contributed by atoms with Gasteiger partial charge in [0.15, 0.2) is 0 Å². The van der Waals surface area contributed by atoms with Crippen molar-refractivity contribution in [3.05, 3.63) is 0 Å². The maximum atomic E-state index is 11.9. The van der Waals surface area contributed by atoms with Crippen LogP contribution in [0.1, 0.15) is 53.4 Å².